The molecular formula is C12H19Cl2N3O. The third-order valence-electron chi connectivity index (χ3n) is 2.81. The molecule has 1 unspecified atom stereocenters. The molecule has 0 bridgehead atoms. The van der Waals surface area contributed by atoms with Gasteiger partial charge in [0.1, 0.15) is 0 Å². The smallest absolute Gasteiger partial charge is 0.253 e. The fraction of sp³-hybridized carbons (Fsp3) is 0.500. The molecule has 0 aromatic carbocycles. The number of hydrogen-bond acceptors (Lipinski definition) is 3. The summed E-state index contributed by atoms with van der Waals surface area (Å²) < 4.78 is 0. The molecule has 4 nitrogen and oxygen atoms in total. The standard InChI is InChI=1S/C12H17N3O.2ClH/c1-9-4-5-10(7-14-9)12(16)15-11-3-2-6-13-8-11;;/h4-5,7,11,13H,2-3,6,8H2,1H3,(H,15,16);2*1H. The maximum Gasteiger partial charge on any atom is 0.253 e. The van der Waals surface area contributed by atoms with Gasteiger partial charge in [-0.1, -0.05) is 0 Å². The summed E-state index contributed by atoms with van der Waals surface area (Å²) in [7, 11) is 0. The fourth-order valence-electron chi connectivity index (χ4n) is 1.85. The molecule has 2 rings (SSSR count). The van der Waals surface area contributed by atoms with Crippen molar-refractivity contribution in [2.45, 2.75) is 25.8 Å². The zero-order chi connectivity index (χ0) is 11.4. The highest BCUT2D eigenvalue weighted by Gasteiger charge is 2.16. The van der Waals surface area contributed by atoms with Crippen LogP contribution in [-0.4, -0.2) is 30.0 Å². The quantitative estimate of drug-likeness (QED) is 0.872. The van der Waals surface area contributed by atoms with Crippen molar-refractivity contribution in [2.75, 3.05) is 13.1 Å². The number of nitrogens with zero attached hydrogens (tertiary/aromatic N) is 1. The van der Waals surface area contributed by atoms with E-state index in [9.17, 15) is 4.79 Å². The number of halogens is 2. The first-order valence-electron chi connectivity index (χ1n) is 5.70. The van der Waals surface area contributed by atoms with Crippen LogP contribution < -0.4 is 10.6 Å². The molecule has 6 heteroatoms. The molecule has 1 aliphatic rings. The Kier molecular flexibility index (Phi) is 7.91. The largest absolute Gasteiger partial charge is 0.348 e. The van der Waals surface area contributed by atoms with E-state index in [-0.39, 0.29) is 36.8 Å². The maximum absolute atomic E-state index is 11.8. The number of nitrogens with one attached hydrogen (secondary N) is 2. The lowest BCUT2D eigenvalue weighted by Crippen LogP contribution is -2.45. The van der Waals surface area contributed by atoms with Crippen molar-refractivity contribution in [1.82, 2.24) is 15.6 Å². The van der Waals surface area contributed by atoms with Crippen molar-refractivity contribution in [3.8, 4) is 0 Å². The van der Waals surface area contributed by atoms with Gasteiger partial charge in [-0.3, -0.25) is 9.78 Å². The monoisotopic (exact) mass is 291 g/mol. The summed E-state index contributed by atoms with van der Waals surface area (Å²) in [5, 5.41) is 6.28. The second-order valence-corrected chi connectivity index (χ2v) is 4.20. The van der Waals surface area contributed by atoms with Gasteiger partial charge < -0.3 is 10.6 Å². The molecule has 0 radical (unpaired) electrons. The summed E-state index contributed by atoms with van der Waals surface area (Å²) in [6, 6.07) is 3.92. The van der Waals surface area contributed by atoms with E-state index in [4.69, 9.17) is 0 Å². The third kappa shape index (κ3) is 4.80. The van der Waals surface area contributed by atoms with Gasteiger partial charge in [0.05, 0.1) is 5.56 Å². The minimum atomic E-state index is -0.0267. The van der Waals surface area contributed by atoms with E-state index in [1.165, 1.54) is 0 Å². The SMILES string of the molecule is Cc1ccc(C(=O)NC2CCCNC2)cn1.Cl.Cl. The van der Waals surface area contributed by atoms with E-state index >= 15 is 0 Å². The lowest BCUT2D eigenvalue weighted by molar-refractivity contribution is 0.0930. The summed E-state index contributed by atoms with van der Waals surface area (Å²) in [6.07, 6.45) is 3.80. The maximum atomic E-state index is 11.8. The Morgan fingerprint density at radius 3 is 2.78 bits per heavy atom. The Balaban J connectivity index is 0.00000144. The van der Waals surface area contributed by atoms with Crippen LogP contribution in [0.1, 0.15) is 28.9 Å². The number of carbonyl (C=O) groups is 1. The van der Waals surface area contributed by atoms with Crippen molar-refractivity contribution in [1.29, 1.82) is 0 Å². The van der Waals surface area contributed by atoms with Gasteiger partial charge in [0.15, 0.2) is 0 Å². The normalized spacial score (nSPS) is 18.2. The number of hydrogen-bond donors (Lipinski definition) is 2. The van der Waals surface area contributed by atoms with Crippen molar-refractivity contribution < 1.29 is 4.79 Å². The first kappa shape index (κ1) is 17.2. The van der Waals surface area contributed by atoms with Gasteiger partial charge in [0, 0.05) is 24.5 Å². The molecule has 1 aliphatic heterocycles. The minimum Gasteiger partial charge on any atom is -0.348 e. The van der Waals surface area contributed by atoms with Crippen molar-refractivity contribution >= 4 is 30.7 Å². The van der Waals surface area contributed by atoms with Gasteiger partial charge in [-0.15, -0.1) is 24.8 Å². The topological polar surface area (TPSA) is 54.0 Å². The second-order valence-electron chi connectivity index (χ2n) is 4.20. The first-order valence-corrected chi connectivity index (χ1v) is 5.70. The highest BCUT2D eigenvalue weighted by Crippen LogP contribution is 2.04. The lowest BCUT2D eigenvalue weighted by atomic mass is 10.1. The van der Waals surface area contributed by atoms with Crippen LogP contribution >= 0.6 is 24.8 Å². The number of aromatic nitrogens is 1. The number of carbonyl (C=O) groups excluding carboxylic acids is 1. The first-order chi connectivity index (χ1) is 7.75. The van der Waals surface area contributed by atoms with Crippen LogP contribution in [0.25, 0.3) is 0 Å². The lowest BCUT2D eigenvalue weighted by Gasteiger charge is -2.23. The Hall–Kier alpha value is -0.840. The van der Waals surface area contributed by atoms with Crippen LogP contribution in [0.3, 0.4) is 0 Å². The molecule has 1 fully saturated rings. The Labute approximate surface area is 120 Å². The Morgan fingerprint density at radius 1 is 1.44 bits per heavy atom. The molecule has 0 spiro atoms. The molecule has 2 N–H and O–H groups in total. The second kappa shape index (κ2) is 8.29. The molecule has 1 saturated heterocycles. The predicted octanol–water partition coefficient (Wildman–Crippen LogP) is 1.72. The van der Waals surface area contributed by atoms with Gasteiger partial charge in [0.2, 0.25) is 0 Å². The van der Waals surface area contributed by atoms with E-state index in [0.717, 1.165) is 31.6 Å². The fourth-order valence-corrected chi connectivity index (χ4v) is 1.85. The minimum absolute atomic E-state index is 0. The summed E-state index contributed by atoms with van der Waals surface area (Å²) in [5.41, 5.74) is 1.56. The molecule has 0 aliphatic carbocycles. The Morgan fingerprint density at radius 2 is 2.22 bits per heavy atom. The molecule has 1 aromatic rings. The number of aryl methyl sites for hydroxylation is 1. The number of rotatable bonds is 2. The van der Waals surface area contributed by atoms with Crippen LogP contribution in [-0.2, 0) is 0 Å². The summed E-state index contributed by atoms with van der Waals surface area (Å²) in [6.45, 7) is 3.83. The summed E-state index contributed by atoms with van der Waals surface area (Å²) in [4.78, 5) is 16.0. The number of pyridine rings is 1. The van der Waals surface area contributed by atoms with E-state index in [1.807, 2.05) is 19.1 Å². The highest BCUT2D eigenvalue weighted by molar-refractivity contribution is 5.94. The van der Waals surface area contributed by atoms with E-state index in [0.29, 0.717) is 5.56 Å². The van der Waals surface area contributed by atoms with Crippen molar-refractivity contribution in [3.05, 3.63) is 29.6 Å². The van der Waals surface area contributed by atoms with Crippen LogP contribution in [0.15, 0.2) is 18.3 Å². The van der Waals surface area contributed by atoms with Crippen molar-refractivity contribution in [2.24, 2.45) is 0 Å². The van der Waals surface area contributed by atoms with Crippen LogP contribution in [0.4, 0.5) is 0 Å². The number of piperidine rings is 1. The summed E-state index contributed by atoms with van der Waals surface area (Å²) >= 11 is 0. The van der Waals surface area contributed by atoms with Gasteiger partial charge in [-0.25, -0.2) is 0 Å². The van der Waals surface area contributed by atoms with Crippen LogP contribution in [0, 0.1) is 6.92 Å². The summed E-state index contributed by atoms with van der Waals surface area (Å²) in [5.74, 6) is -0.0267. The average molecular weight is 292 g/mol. The van der Waals surface area contributed by atoms with E-state index in [1.54, 1.807) is 6.20 Å². The van der Waals surface area contributed by atoms with Gasteiger partial charge >= 0.3 is 0 Å². The zero-order valence-corrected chi connectivity index (χ0v) is 11.9. The Bertz CT molecular complexity index is 364. The zero-order valence-electron chi connectivity index (χ0n) is 10.3. The number of amides is 1. The average Bonchev–Trinajstić information content (AvgIpc) is 2.31. The predicted molar refractivity (Wildman–Crippen MR) is 76.8 cm³/mol. The molecule has 1 amide bonds. The van der Waals surface area contributed by atoms with E-state index < -0.39 is 0 Å². The van der Waals surface area contributed by atoms with Crippen LogP contribution in [0.5, 0.6) is 0 Å². The molecule has 2 heterocycles. The van der Waals surface area contributed by atoms with Crippen molar-refractivity contribution in [3.63, 3.8) is 0 Å². The molecule has 18 heavy (non-hydrogen) atoms. The molecule has 102 valence electrons. The molecule has 1 atom stereocenters. The van der Waals surface area contributed by atoms with Gasteiger partial charge in [-0.2, -0.15) is 0 Å². The van der Waals surface area contributed by atoms with Gasteiger partial charge in [0.25, 0.3) is 5.91 Å². The van der Waals surface area contributed by atoms with Crippen LogP contribution in [0.2, 0.25) is 0 Å². The molecule has 1 aromatic heterocycles. The molecule has 0 saturated carbocycles. The molecular weight excluding hydrogens is 273 g/mol. The van der Waals surface area contributed by atoms with Gasteiger partial charge in [-0.05, 0) is 38.4 Å². The highest BCUT2D eigenvalue weighted by atomic mass is 35.5. The van der Waals surface area contributed by atoms with E-state index in [2.05, 4.69) is 15.6 Å². The third-order valence-corrected chi connectivity index (χ3v) is 2.81.